The number of halogens is 1. The van der Waals surface area contributed by atoms with Gasteiger partial charge in [0.25, 0.3) is 0 Å². The number of imidazole rings is 1. The van der Waals surface area contributed by atoms with Crippen molar-refractivity contribution in [2.24, 2.45) is 18.9 Å². The van der Waals surface area contributed by atoms with Crippen molar-refractivity contribution in [1.82, 2.24) is 19.5 Å². The average molecular weight is 294 g/mol. The number of aryl methyl sites for hydroxylation is 1. The van der Waals surface area contributed by atoms with Crippen molar-refractivity contribution in [3.63, 3.8) is 0 Å². The van der Waals surface area contributed by atoms with E-state index in [4.69, 9.17) is 11.6 Å². The fraction of sp³-hybridized carbons (Fsp3) is 0.615. The zero-order valence-corrected chi connectivity index (χ0v) is 11.9. The van der Waals surface area contributed by atoms with Gasteiger partial charge in [-0.15, -0.1) is 0 Å². The molecule has 106 valence electrons. The number of aliphatic hydroxyl groups is 1. The largest absolute Gasteiger partial charge is 0.393 e. The van der Waals surface area contributed by atoms with Crippen LogP contribution in [-0.4, -0.2) is 36.8 Å². The molecule has 0 spiro atoms. The van der Waals surface area contributed by atoms with E-state index in [2.05, 4.69) is 20.3 Å². The van der Waals surface area contributed by atoms with Crippen molar-refractivity contribution in [3.8, 4) is 0 Å². The minimum Gasteiger partial charge on any atom is -0.393 e. The van der Waals surface area contributed by atoms with Gasteiger partial charge < -0.3 is 10.4 Å². The molecule has 4 unspecified atom stereocenters. The van der Waals surface area contributed by atoms with E-state index in [0.29, 0.717) is 28.5 Å². The third-order valence-electron chi connectivity index (χ3n) is 4.75. The number of hydrogen-bond acceptors (Lipinski definition) is 5. The number of rotatable bonds is 2. The maximum atomic E-state index is 9.82. The second-order valence-corrected chi connectivity index (χ2v) is 6.23. The van der Waals surface area contributed by atoms with E-state index in [0.717, 1.165) is 30.9 Å². The van der Waals surface area contributed by atoms with Gasteiger partial charge in [0.2, 0.25) is 5.95 Å². The molecule has 2 bridgehead atoms. The monoisotopic (exact) mass is 293 g/mol. The second-order valence-electron chi connectivity index (χ2n) is 5.88. The van der Waals surface area contributed by atoms with Gasteiger partial charge in [0.05, 0.1) is 6.10 Å². The summed E-state index contributed by atoms with van der Waals surface area (Å²) in [6.07, 6.45) is 4.35. The molecule has 2 N–H and O–H groups in total. The maximum Gasteiger partial charge on any atom is 0.205 e. The molecular weight excluding hydrogens is 278 g/mol. The number of aromatic nitrogens is 4. The van der Waals surface area contributed by atoms with Crippen molar-refractivity contribution in [1.29, 1.82) is 0 Å². The molecule has 20 heavy (non-hydrogen) atoms. The minimum atomic E-state index is -0.112. The molecule has 0 saturated heterocycles. The number of anilines is 1. The lowest BCUT2D eigenvalue weighted by molar-refractivity contribution is 0.110. The minimum absolute atomic E-state index is 0.112. The lowest BCUT2D eigenvalue weighted by atomic mass is 9.93. The van der Waals surface area contributed by atoms with E-state index in [-0.39, 0.29) is 6.10 Å². The highest BCUT2D eigenvalue weighted by atomic mass is 35.5. The summed E-state index contributed by atoms with van der Waals surface area (Å²) < 4.78 is 1.91. The van der Waals surface area contributed by atoms with Crippen molar-refractivity contribution < 1.29 is 5.11 Å². The second kappa shape index (κ2) is 4.30. The Hall–Kier alpha value is -1.40. The molecule has 0 radical (unpaired) electrons. The summed E-state index contributed by atoms with van der Waals surface area (Å²) >= 11 is 6.05. The fourth-order valence-electron chi connectivity index (χ4n) is 3.69. The molecule has 2 fully saturated rings. The van der Waals surface area contributed by atoms with Crippen LogP contribution in [0.2, 0.25) is 5.15 Å². The average Bonchev–Trinajstić information content (AvgIpc) is 3.06. The van der Waals surface area contributed by atoms with E-state index in [1.54, 1.807) is 0 Å². The standard InChI is InChI=1S/C13H16ClN5O/c1-19-12-10(11(14)15-5-16-12)18-13(19)17-8-3-7-2-6(8)4-9(7)20/h5-9,20H,2-4H2,1H3,(H,17,18). The zero-order valence-electron chi connectivity index (χ0n) is 11.1. The molecule has 0 amide bonds. The SMILES string of the molecule is Cn1c(NC2CC3CC2CC3O)nc2c(Cl)ncnc21. The number of hydrogen-bond donors (Lipinski definition) is 2. The van der Waals surface area contributed by atoms with Gasteiger partial charge in [-0.3, -0.25) is 4.57 Å². The maximum absolute atomic E-state index is 9.82. The molecule has 2 aromatic rings. The van der Waals surface area contributed by atoms with E-state index < -0.39 is 0 Å². The lowest BCUT2D eigenvalue weighted by Crippen LogP contribution is -2.32. The predicted octanol–water partition coefficient (Wildman–Crippen LogP) is 1.59. The quantitative estimate of drug-likeness (QED) is 0.822. The Balaban J connectivity index is 1.64. The Morgan fingerprint density at radius 2 is 2.15 bits per heavy atom. The van der Waals surface area contributed by atoms with Crippen molar-refractivity contribution >= 4 is 28.7 Å². The molecule has 7 heteroatoms. The van der Waals surface area contributed by atoms with Crippen LogP contribution in [0.15, 0.2) is 6.33 Å². The molecule has 0 aromatic carbocycles. The molecule has 2 aromatic heterocycles. The highest BCUT2D eigenvalue weighted by Gasteiger charge is 2.45. The third-order valence-corrected chi connectivity index (χ3v) is 5.02. The van der Waals surface area contributed by atoms with Crippen LogP contribution in [0.4, 0.5) is 5.95 Å². The fourth-order valence-corrected chi connectivity index (χ4v) is 3.86. The van der Waals surface area contributed by atoms with Crippen molar-refractivity contribution in [2.75, 3.05) is 5.32 Å². The van der Waals surface area contributed by atoms with Crippen LogP contribution in [0.5, 0.6) is 0 Å². The Morgan fingerprint density at radius 1 is 1.30 bits per heavy atom. The third kappa shape index (κ3) is 1.71. The first-order valence-electron chi connectivity index (χ1n) is 6.91. The van der Waals surface area contributed by atoms with Crippen LogP contribution in [0.1, 0.15) is 19.3 Å². The first-order chi connectivity index (χ1) is 9.63. The van der Waals surface area contributed by atoms with Crippen LogP contribution >= 0.6 is 11.6 Å². The molecule has 2 heterocycles. The normalized spacial score (nSPS) is 32.1. The highest BCUT2D eigenvalue weighted by molar-refractivity contribution is 6.33. The molecule has 4 atom stereocenters. The molecule has 6 nitrogen and oxygen atoms in total. The summed E-state index contributed by atoms with van der Waals surface area (Å²) in [5, 5.41) is 13.7. The Kier molecular flexibility index (Phi) is 2.65. The molecule has 0 aliphatic heterocycles. The number of aliphatic hydroxyl groups excluding tert-OH is 1. The van der Waals surface area contributed by atoms with Crippen LogP contribution < -0.4 is 5.32 Å². The van der Waals surface area contributed by atoms with Crippen LogP contribution in [0, 0.1) is 11.8 Å². The molecule has 2 aliphatic rings. The zero-order chi connectivity index (χ0) is 13.9. The van der Waals surface area contributed by atoms with E-state index in [1.807, 2.05) is 11.6 Å². The van der Waals surface area contributed by atoms with Gasteiger partial charge in [0.15, 0.2) is 10.8 Å². The molecule has 2 aliphatic carbocycles. The Bertz CT molecular complexity index is 670. The number of fused-ring (bicyclic) bond motifs is 3. The number of nitrogens with zero attached hydrogens (tertiary/aromatic N) is 4. The van der Waals surface area contributed by atoms with Crippen LogP contribution in [0.25, 0.3) is 11.2 Å². The van der Waals surface area contributed by atoms with Gasteiger partial charge in [0, 0.05) is 13.1 Å². The highest BCUT2D eigenvalue weighted by Crippen LogP contribution is 2.45. The predicted molar refractivity (Wildman–Crippen MR) is 75.6 cm³/mol. The van der Waals surface area contributed by atoms with E-state index in [9.17, 15) is 5.11 Å². The Morgan fingerprint density at radius 3 is 2.80 bits per heavy atom. The topological polar surface area (TPSA) is 75.9 Å². The molecule has 2 saturated carbocycles. The van der Waals surface area contributed by atoms with Gasteiger partial charge >= 0.3 is 0 Å². The van der Waals surface area contributed by atoms with Gasteiger partial charge in [-0.05, 0) is 31.1 Å². The van der Waals surface area contributed by atoms with Gasteiger partial charge in [-0.1, -0.05) is 11.6 Å². The van der Waals surface area contributed by atoms with Crippen molar-refractivity contribution in [2.45, 2.75) is 31.4 Å². The van der Waals surface area contributed by atoms with E-state index in [1.165, 1.54) is 6.33 Å². The molecular formula is C13H16ClN5O. The van der Waals surface area contributed by atoms with Gasteiger partial charge in [-0.2, -0.15) is 0 Å². The van der Waals surface area contributed by atoms with Crippen LogP contribution in [-0.2, 0) is 7.05 Å². The summed E-state index contributed by atoms with van der Waals surface area (Å²) in [5.74, 6) is 1.75. The summed E-state index contributed by atoms with van der Waals surface area (Å²) in [6.45, 7) is 0. The van der Waals surface area contributed by atoms with Crippen molar-refractivity contribution in [3.05, 3.63) is 11.5 Å². The first kappa shape index (κ1) is 12.3. The first-order valence-corrected chi connectivity index (χ1v) is 7.29. The number of nitrogens with one attached hydrogen (secondary N) is 1. The lowest BCUT2D eigenvalue weighted by Gasteiger charge is -2.26. The smallest absolute Gasteiger partial charge is 0.205 e. The van der Waals surface area contributed by atoms with Gasteiger partial charge in [-0.25, -0.2) is 15.0 Å². The molecule has 4 rings (SSSR count). The Labute approximate surface area is 121 Å². The van der Waals surface area contributed by atoms with E-state index >= 15 is 0 Å². The van der Waals surface area contributed by atoms with Crippen LogP contribution in [0.3, 0.4) is 0 Å². The summed E-state index contributed by atoms with van der Waals surface area (Å²) in [6, 6.07) is 0.380. The summed E-state index contributed by atoms with van der Waals surface area (Å²) in [5.41, 5.74) is 1.36. The summed E-state index contributed by atoms with van der Waals surface area (Å²) in [4.78, 5) is 12.7. The van der Waals surface area contributed by atoms with Gasteiger partial charge in [0.1, 0.15) is 11.8 Å². The summed E-state index contributed by atoms with van der Waals surface area (Å²) in [7, 11) is 1.92.